The standard InChI is InChI=1S/C11H12N6/c12-10-9-7(6-3-14-5-15-4-6)1-2-8(9)16-11(13)17-10/h3-5,7H,1-2H2,(H4,12,13,16,17). The van der Waals surface area contributed by atoms with Crippen molar-refractivity contribution in [3.05, 3.63) is 35.5 Å². The lowest BCUT2D eigenvalue weighted by molar-refractivity contribution is 0.776. The third kappa shape index (κ3) is 1.57. The Morgan fingerprint density at radius 3 is 2.65 bits per heavy atom. The van der Waals surface area contributed by atoms with Crippen LogP contribution in [0.3, 0.4) is 0 Å². The lowest BCUT2D eigenvalue weighted by Crippen LogP contribution is -2.07. The Bertz CT molecular complexity index is 553. The van der Waals surface area contributed by atoms with Gasteiger partial charge in [-0.2, -0.15) is 4.98 Å². The lowest BCUT2D eigenvalue weighted by atomic mass is 9.96. The Balaban J connectivity index is 2.10. The summed E-state index contributed by atoms with van der Waals surface area (Å²) in [5, 5.41) is 0. The van der Waals surface area contributed by atoms with Gasteiger partial charge in [-0.05, 0) is 18.4 Å². The van der Waals surface area contributed by atoms with Crippen LogP contribution in [0.15, 0.2) is 18.7 Å². The summed E-state index contributed by atoms with van der Waals surface area (Å²) in [6.45, 7) is 0. The van der Waals surface area contributed by atoms with Crippen LogP contribution >= 0.6 is 0 Å². The minimum Gasteiger partial charge on any atom is -0.383 e. The summed E-state index contributed by atoms with van der Waals surface area (Å²) in [7, 11) is 0. The third-order valence-electron chi connectivity index (χ3n) is 3.07. The van der Waals surface area contributed by atoms with Gasteiger partial charge in [0, 0.05) is 23.9 Å². The number of anilines is 2. The monoisotopic (exact) mass is 228 g/mol. The maximum Gasteiger partial charge on any atom is 0.222 e. The van der Waals surface area contributed by atoms with Gasteiger partial charge in [0.25, 0.3) is 0 Å². The Hall–Kier alpha value is -2.24. The van der Waals surface area contributed by atoms with Gasteiger partial charge in [0.15, 0.2) is 0 Å². The fourth-order valence-electron chi connectivity index (χ4n) is 2.37. The molecule has 0 bridgehead atoms. The maximum atomic E-state index is 5.93. The second-order valence-electron chi connectivity index (χ2n) is 4.09. The highest BCUT2D eigenvalue weighted by Gasteiger charge is 2.29. The molecule has 2 aromatic rings. The highest BCUT2D eigenvalue weighted by molar-refractivity contribution is 5.53. The van der Waals surface area contributed by atoms with Gasteiger partial charge in [-0.1, -0.05) is 0 Å². The average molecular weight is 228 g/mol. The quantitative estimate of drug-likeness (QED) is 0.737. The van der Waals surface area contributed by atoms with Crippen molar-refractivity contribution in [1.29, 1.82) is 0 Å². The van der Waals surface area contributed by atoms with Crippen molar-refractivity contribution in [1.82, 2.24) is 19.9 Å². The molecule has 1 aliphatic rings. The summed E-state index contributed by atoms with van der Waals surface area (Å²) in [4.78, 5) is 16.3. The van der Waals surface area contributed by atoms with Crippen molar-refractivity contribution in [2.24, 2.45) is 0 Å². The molecule has 86 valence electrons. The van der Waals surface area contributed by atoms with Crippen molar-refractivity contribution in [3.8, 4) is 0 Å². The van der Waals surface area contributed by atoms with E-state index in [0.717, 1.165) is 29.7 Å². The molecule has 6 nitrogen and oxygen atoms in total. The second kappa shape index (κ2) is 3.65. The summed E-state index contributed by atoms with van der Waals surface area (Å²) in [5.41, 5.74) is 14.5. The van der Waals surface area contributed by atoms with E-state index in [2.05, 4.69) is 19.9 Å². The number of aryl methyl sites for hydroxylation is 1. The molecule has 4 N–H and O–H groups in total. The number of nitrogens with two attached hydrogens (primary N) is 2. The van der Waals surface area contributed by atoms with Crippen molar-refractivity contribution in [3.63, 3.8) is 0 Å². The fraction of sp³-hybridized carbons (Fsp3) is 0.273. The minimum absolute atomic E-state index is 0.187. The van der Waals surface area contributed by atoms with Crippen LogP contribution < -0.4 is 11.5 Å². The normalized spacial score (nSPS) is 18.0. The number of hydrogen-bond donors (Lipinski definition) is 2. The summed E-state index contributed by atoms with van der Waals surface area (Å²) >= 11 is 0. The van der Waals surface area contributed by atoms with Crippen LogP contribution in [0.25, 0.3) is 0 Å². The van der Waals surface area contributed by atoms with Crippen LogP contribution in [0.2, 0.25) is 0 Å². The van der Waals surface area contributed by atoms with E-state index in [1.807, 2.05) is 12.4 Å². The maximum absolute atomic E-state index is 5.93. The second-order valence-corrected chi connectivity index (χ2v) is 4.09. The summed E-state index contributed by atoms with van der Waals surface area (Å²) in [6.07, 6.45) is 6.95. The van der Waals surface area contributed by atoms with E-state index in [-0.39, 0.29) is 11.9 Å². The molecule has 0 amide bonds. The number of hydrogen-bond acceptors (Lipinski definition) is 6. The van der Waals surface area contributed by atoms with Gasteiger partial charge in [0.1, 0.15) is 12.1 Å². The van der Waals surface area contributed by atoms with Crippen LogP contribution in [-0.4, -0.2) is 19.9 Å². The van der Waals surface area contributed by atoms with Crippen molar-refractivity contribution < 1.29 is 0 Å². The van der Waals surface area contributed by atoms with E-state index in [9.17, 15) is 0 Å². The average Bonchev–Trinajstić information content (AvgIpc) is 2.74. The van der Waals surface area contributed by atoms with E-state index in [1.54, 1.807) is 0 Å². The van der Waals surface area contributed by atoms with Gasteiger partial charge in [0.05, 0.1) is 5.69 Å². The van der Waals surface area contributed by atoms with Crippen molar-refractivity contribution >= 4 is 11.8 Å². The molecule has 2 aromatic heterocycles. The minimum atomic E-state index is 0.187. The predicted octanol–water partition coefficient (Wildman–Crippen LogP) is 0.509. The first-order valence-corrected chi connectivity index (χ1v) is 5.42. The fourth-order valence-corrected chi connectivity index (χ4v) is 2.37. The SMILES string of the molecule is Nc1nc(N)c2c(n1)CCC2c1cncnc1. The highest BCUT2D eigenvalue weighted by atomic mass is 15.0. The molecule has 0 aromatic carbocycles. The van der Waals surface area contributed by atoms with Gasteiger partial charge in [-0.3, -0.25) is 0 Å². The molecule has 2 heterocycles. The molecule has 6 heteroatoms. The largest absolute Gasteiger partial charge is 0.383 e. The Kier molecular flexibility index (Phi) is 2.14. The zero-order chi connectivity index (χ0) is 11.8. The Morgan fingerprint density at radius 1 is 1.12 bits per heavy atom. The van der Waals surface area contributed by atoms with Crippen molar-refractivity contribution in [2.75, 3.05) is 11.5 Å². The van der Waals surface area contributed by atoms with Crippen LogP contribution in [0.4, 0.5) is 11.8 Å². The van der Waals surface area contributed by atoms with E-state index >= 15 is 0 Å². The Morgan fingerprint density at radius 2 is 1.88 bits per heavy atom. The third-order valence-corrected chi connectivity index (χ3v) is 3.07. The van der Waals surface area contributed by atoms with Gasteiger partial charge in [-0.15, -0.1) is 0 Å². The first-order valence-electron chi connectivity index (χ1n) is 5.42. The van der Waals surface area contributed by atoms with Gasteiger partial charge < -0.3 is 11.5 Å². The van der Waals surface area contributed by atoms with Gasteiger partial charge in [-0.25, -0.2) is 15.0 Å². The molecular formula is C11H12N6. The first-order chi connectivity index (χ1) is 8.25. The molecule has 0 fully saturated rings. The van der Waals surface area contributed by atoms with Crippen LogP contribution in [0.1, 0.15) is 29.2 Å². The Labute approximate surface area is 98.1 Å². The van der Waals surface area contributed by atoms with Gasteiger partial charge >= 0.3 is 0 Å². The predicted molar refractivity (Wildman–Crippen MR) is 63.1 cm³/mol. The molecule has 0 spiro atoms. The topological polar surface area (TPSA) is 104 Å². The van der Waals surface area contributed by atoms with Crippen LogP contribution in [-0.2, 0) is 6.42 Å². The smallest absolute Gasteiger partial charge is 0.222 e. The molecule has 0 saturated heterocycles. The lowest BCUT2D eigenvalue weighted by Gasteiger charge is -2.12. The summed E-state index contributed by atoms with van der Waals surface area (Å²) in [5.74, 6) is 0.900. The molecule has 0 aliphatic heterocycles. The van der Waals surface area contributed by atoms with E-state index in [4.69, 9.17) is 11.5 Å². The zero-order valence-electron chi connectivity index (χ0n) is 9.17. The molecule has 1 unspecified atom stereocenters. The number of aromatic nitrogens is 4. The molecule has 3 rings (SSSR count). The number of nitrogen functional groups attached to an aromatic ring is 2. The van der Waals surface area contributed by atoms with Crippen LogP contribution in [0.5, 0.6) is 0 Å². The zero-order valence-corrected chi connectivity index (χ0v) is 9.17. The van der Waals surface area contributed by atoms with Gasteiger partial charge in [0.2, 0.25) is 5.95 Å². The first kappa shape index (κ1) is 9.95. The summed E-state index contributed by atoms with van der Waals surface area (Å²) in [6, 6.07) is 0. The number of rotatable bonds is 1. The van der Waals surface area contributed by atoms with E-state index in [1.165, 1.54) is 6.33 Å². The number of nitrogens with zero attached hydrogens (tertiary/aromatic N) is 4. The molecule has 0 saturated carbocycles. The van der Waals surface area contributed by atoms with E-state index < -0.39 is 0 Å². The molecular weight excluding hydrogens is 216 g/mol. The summed E-state index contributed by atoms with van der Waals surface area (Å²) < 4.78 is 0. The van der Waals surface area contributed by atoms with E-state index in [0.29, 0.717) is 5.82 Å². The van der Waals surface area contributed by atoms with Crippen LogP contribution in [0, 0.1) is 0 Å². The molecule has 17 heavy (non-hydrogen) atoms. The molecule has 0 radical (unpaired) electrons. The molecule has 1 atom stereocenters. The number of fused-ring (bicyclic) bond motifs is 1. The molecule has 1 aliphatic carbocycles. The highest BCUT2D eigenvalue weighted by Crippen LogP contribution is 2.39. The van der Waals surface area contributed by atoms with Crippen molar-refractivity contribution in [2.45, 2.75) is 18.8 Å².